The summed E-state index contributed by atoms with van der Waals surface area (Å²) < 4.78 is 7.09. The van der Waals surface area contributed by atoms with Crippen LogP contribution < -0.4 is 5.30 Å². The van der Waals surface area contributed by atoms with Crippen LogP contribution in [0.1, 0.15) is 25.0 Å². The van der Waals surface area contributed by atoms with Gasteiger partial charge in [-0.15, -0.1) is 9.24 Å². The molecule has 0 aliphatic heterocycles. The van der Waals surface area contributed by atoms with Crippen LogP contribution in [0.2, 0.25) is 0 Å². The summed E-state index contributed by atoms with van der Waals surface area (Å²) in [5.41, 5.74) is 19.0. The Kier molecular flexibility index (Phi) is 12.9. The Morgan fingerprint density at radius 3 is 1.16 bits per heavy atom. The van der Waals surface area contributed by atoms with E-state index in [-0.39, 0.29) is 0 Å². The molecule has 0 N–H and O–H groups in total. The molecular formula is C69H56N3P. The second-order valence-corrected chi connectivity index (χ2v) is 19.4. The van der Waals surface area contributed by atoms with E-state index >= 15 is 0 Å². The predicted molar refractivity (Wildman–Crippen MR) is 319 cm³/mol. The molecule has 0 amide bonds. The highest BCUT2D eigenvalue weighted by Crippen LogP contribution is 2.37. The molecule has 13 rings (SSSR count). The van der Waals surface area contributed by atoms with E-state index in [9.17, 15) is 0 Å². The molecule has 0 spiro atoms. The summed E-state index contributed by atoms with van der Waals surface area (Å²) in [5.74, 6) is 0. The average Bonchev–Trinajstić information content (AvgIpc) is 4.08. The normalized spacial score (nSPS) is 11.5. The lowest BCUT2D eigenvalue weighted by molar-refractivity contribution is 1.17. The molecule has 0 saturated heterocycles. The molecule has 3 heterocycles. The summed E-state index contributed by atoms with van der Waals surface area (Å²) >= 11 is 0. The van der Waals surface area contributed by atoms with Gasteiger partial charge in [-0.1, -0.05) is 189 Å². The Bertz CT molecular complexity index is 3950. The van der Waals surface area contributed by atoms with Gasteiger partial charge in [-0.2, -0.15) is 0 Å². The number of aromatic nitrogens is 3. The fourth-order valence-electron chi connectivity index (χ4n) is 10.2. The lowest BCUT2D eigenvalue weighted by Gasteiger charge is -2.12. The zero-order valence-corrected chi connectivity index (χ0v) is 42.7. The zero-order chi connectivity index (χ0) is 50.0. The first kappa shape index (κ1) is 46.6. The fraction of sp³-hybridized carbons (Fsp3) is 0.0435. The van der Waals surface area contributed by atoms with Gasteiger partial charge in [0.1, 0.15) is 0 Å². The second kappa shape index (κ2) is 20.2. The summed E-state index contributed by atoms with van der Waals surface area (Å²) in [5, 5.41) is 8.94. The molecule has 0 aliphatic rings. The second-order valence-electron chi connectivity index (χ2n) is 18.7. The van der Waals surface area contributed by atoms with Crippen LogP contribution in [-0.2, 0) is 0 Å². The van der Waals surface area contributed by atoms with Crippen LogP contribution in [-0.4, -0.2) is 13.7 Å². The third-order valence-electron chi connectivity index (χ3n) is 14.0. The Morgan fingerprint density at radius 1 is 0.370 bits per heavy atom. The summed E-state index contributed by atoms with van der Waals surface area (Å²) in [6.07, 6.45) is 2.11. The quantitative estimate of drug-likeness (QED) is 0.112. The van der Waals surface area contributed by atoms with Gasteiger partial charge in [0.05, 0.1) is 33.1 Å². The summed E-state index contributed by atoms with van der Waals surface area (Å²) in [6.45, 7) is 14.3. The van der Waals surface area contributed by atoms with E-state index in [1.54, 1.807) is 0 Å². The minimum Gasteiger partial charge on any atom is -0.309 e. The molecular weight excluding hydrogens is 902 g/mol. The Hall–Kier alpha value is -8.75. The van der Waals surface area contributed by atoms with Crippen LogP contribution in [0.25, 0.3) is 99.2 Å². The first-order chi connectivity index (χ1) is 35.7. The molecule has 73 heavy (non-hydrogen) atoms. The van der Waals surface area contributed by atoms with E-state index in [1.807, 2.05) is 19.1 Å². The lowest BCUT2D eigenvalue weighted by atomic mass is 10.0. The summed E-state index contributed by atoms with van der Waals surface area (Å²) in [6, 6.07) is 86.6. The van der Waals surface area contributed by atoms with E-state index in [0.29, 0.717) is 0 Å². The van der Waals surface area contributed by atoms with Gasteiger partial charge in [0.25, 0.3) is 0 Å². The lowest BCUT2D eigenvalue weighted by Crippen LogP contribution is -1.95. The zero-order valence-electron chi connectivity index (χ0n) is 41.5. The number of aryl methyl sites for hydroxylation is 1. The minimum atomic E-state index is 0.972. The maximum Gasteiger partial charge on any atom is 0.0541 e. The Morgan fingerprint density at radius 2 is 0.740 bits per heavy atom. The van der Waals surface area contributed by atoms with Crippen LogP contribution in [0.15, 0.2) is 273 Å². The number of hydrogen-bond acceptors (Lipinski definition) is 0. The van der Waals surface area contributed by atoms with Crippen molar-refractivity contribution in [2.75, 3.05) is 0 Å². The topological polar surface area (TPSA) is 14.8 Å². The standard InChI is InChI=1S/C36H24N2.C26H23N.C7H9P/c1-5-19-33-29(15-1)30-16-2-6-20-34(30)37(33)27-13-9-11-25(23-27)26-12-10-14-28(24-26)38-35-21-7-3-17-31(35)32-18-4-8-22-36(32)38;1-18(2)19(3)16-20(4)21-14-15-26-24(17-21)23-12-8-9-13-25(23)27(26)22-10-6-5-7-11-22;1-6-4-2-3-5-7(6)8/h1-24H;5-17H,1,3H2,2,4H3;2-5H,8H2,1H3/b;20-16+;. The summed E-state index contributed by atoms with van der Waals surface area (Å²) in [4.78, 5) is 0. The van der Waals surface area contributed by atoms with Crippen molar-refractivity contribution in [2.45, 2.75) is 20.8 Å². The van der Waals surface area contributed by atoms with Gasteiger partial charge in [-0.05, 0) is 138 Å². The van der Waals surface area contributed by atoms with E-state index in [4.69, 9.17) is 0 Å². The van der Waals surface area contributed by atoms with Crippen molar-refractivity contribution in [3.8, 4) is 28.2 Å². The van der Waals surface area contributed by atoms with Gasteiger partial charge < -0.3 is 13.7 Å². The van der Waals surface area contributed by atoms with Crippen molar-refractivity contribution >= 4 is 85.5 Å². The van der Waals surface area contributed by atoms with Crippen LogP contribution in [0, 0.1) is 6.92 Å². The van der Waals surface area contributed by atoms with Gasteiger partial charge in [-0.25, -0.2) is 0 Å². The summed E-state index contributed by atoms with van der Waals surface area (Å²) in [7, 11) is 2.69. The first-order valence-corrected chi connectivity index (χ1v) is 25.4. The van der Waals surface area contributed by atoms with Crippen molar-refractivity contribution in [3.05, 3.63) is 284 Å². The molecule has 13 aromatic rings. The molecule has 352 valence electrons. The highest BCUT2D eigenvalue weighted by molar-refractivity contribution is 7.27. The molecule has 1 atom stereocenters. The van der Waals surface area contributed by atoms with Crippen LogP contribution in [0.4, 0.5) is 0 Å². The van der Waals surface area contributed by atoms with Crippen molar-refractivity contribution in [3.63, 3.8) is 0 Å². The van der Waals surface area contributed by atoms with E-state index < -0.39 is 0 Å². The van der Waals surface area contributed by atoms with E-state index in [2.05, 4.69) is 287 Å². The molecule has 0 fully saturated rings. The van der Waals surface area contributed by atoms with Gasteiger partial charge in [0.2, 0.25) is 0 Å². The third-order valence-corrected chi connectivity index (χ3v) is 14.6. The number of rotatable bonds is 7. The van der Waals surface area contributed by atoms with Crippen LogP contribution in [0.3, 0.4) is 0 Å². The number of allylic oxidation sites excluding steroid dienone is 4. The maximum absolute atomic E-state index is 4.10. The predicted octanol–water partition coefficient (Wildman–Crippen LogP) is 18.4. The molecule has 0 aliphatic carbocycles. The number of hydrogen-bond donors (Lipinski definition) is 0. The van der Waals surface area contributed by atoms with Crippen molar-refractivity contribution in [1.29, 1.82) is 0 Å². The highest BCUT2D eigenvalue weighted by atomic mass is 31.0. The first-order valence-electron chi connectivity index (χ1n) is 24.8. The number of benzene rings is 10. The molecule has 0 saturated carbocycles. The average molecular weight is 958 g/mol. The smallest absolute Gasteiger partial charge is 0.0541 e. The monoisotopic (exact) mass is 957 g/mol. The van der Waals surface area contributed by atoms with Gasteiger partial charge in [0.15, 0.2) is 0 Å². The Balaban J connectivity index is 0.000000143. The van der Waals surface area contributed by atoms with E-state index in [0.717, 1.165) is 11.1 Å². The van der Waals surface area contributed by atoms with Crippen LogP contribution in [0.5, 0.6) is 0 Å². The van der Waals surface area contributed by atoms with Crippen molar-refractivity contribution in [1.82, 2.24) is 13.7 Å². The number of nitrogens with zero attached hydrogens (tertiary/aromatic N) is 3. The third kappa shape index (κ3) is 9.01. The van der Waals surface area contributed by atoms with Gasteiger partial charge in [-0.3, -0.25) is 0 Å². The molecule has 3 nitrogen and oxygen atoms in total. The molecule has 4 heteroatoms. The molecule has 10 aromatic carbocycles. The van der Waals surface area contributed by atoms with Crippen molar-refractivity contribution < 1.29 is 0 Å². The molecule has 1 unspecified atom stereocenters. The number of para-hydroxylation sites is 6. The minimum absolute atomic E-state index is 0.972. The highest BCUT2D eigenvalue weighted by Gasteiger charge is 2.16. The number of fused-ring (bicyclic) bond motifs is 9. The van der Waals surface area contributed by atoms with Crippen LogP contribution >= 0.6 is 9.24 Å². The maximum atomic E-state index is 4.10. The largest absolute Gasteiger partial charge is 0.309 e. The molecule has 3 aromatic heterocycles. The Labute approximate surface area is 430 Å². The molecule has 0 bridgehead atoms. The fourth-order valence-corrected chi connectivity index (χ4v) is 10.4. The van der Waals surface area contributed by atoms with Crippen molar-refractivity contribution in [2.24, 2.45) is 0 Å². The van der Waals surface area contributed by atoms with E-state index in [1.165, 1.54) is 116 Å². The van der Waals surface area contributed by atoms with Gasteiger partial charge >= 0.3 is 0 Å². The SMILES string of the molecule is C=C(C)C(=C)/C=C(\C)c1ccc2c(c1)c1ccccc1n2-c1ccccc1.Cc1ccccc1P.c1cc(-c2cccc(-n3c4ccccc4c4ccccc43)c2)cc(-n2c3ccccc3c3ccccc32)c1. The van der Waals surface area contributed by atoms with Gasteiger partial charge in [0, 0.05) is 49.4 Å². The molecule has 0 radical (unpaired) electrons.